The summed E-state index contributed by atoms with van der Waals surface area (Å²) in [4.78, 5) is 7.12. The van der Waals surface area contributed by atoms with Gasteiger partial charge in [0, 0.05) is 25.8 Å². The number of aromatic nitrogens is 2. The molecule has 0 amide bonds. The van der Waals surface area contributed by atoms with E-state index in [0.29, 0.717) is 12.5 Å². The van der Waals surface area contributed by atoms with Gasteiger partial charge in [0.25, 0.3) is 0 Å². The summed E-state index contributed by atoms with van der Waals surface area (Å²) in [5.41, 5.74) is 2.47. The summed E-state index contributed by atoms with van der Waals surface area (Å²) in [6, 6.07) is 12.7. The van der Waals surface area contributed by atoms with Crippen molar-refractivity contribution < 1.29 is 0 Å². The van der Waals surface area contributed by atoms with E-state index in [1.165, 1.54) is 12.0 Å². The van der Waals surface area contributed by atoms with Gasteiger partial charge in [0.05, 0.1) is 12.2 Å². The van der Waals surface area contributed by atoms with E-state index in [1.54, 1.807) is 6.20 Å². The zero-order valence-electron chi connectivity index (χ0n) is 13.7. The molecule has 1 unspecified atom stereocenters. The SMILES string of the molecule is CCNC(=NCc1ccn[nH]1)N1CCC(Cc2ccccc2)C1. The van der Waals surface area contributed by atoms with E-state index in [-0.39, 0.29) is 0 Å². The van der Waals surface area contributed by atoms with E-state index in [9.17, 15) is 0 Å². The summed E-state index contributed by atoms with van der Waals surface area (Å²) in [6.45, 7) is 5.79. The molecule has 0 bridgehead atoms. The first-order valence-electron chi connectivity index (χ1n) is 8.40. The lowest BCUT2D eigenvalue weighted by molar-refractivity contribution is 0.460. The lowest BCUT2D eigenvalue weighted by atomic mass is 9.99. The summed E-state index contributed by atoms with van der Waals surface area (Å²) in [6.07, 6.45) is 4.14. The average molecular weight is 311 g/mol. The van der Waals surface area contributed by atoms with E-state index < -0.39 is 0 Å². The molecule has 0 radical (unpaired) electrons. The number of hydrogen-bond acceptors (Lipinski definition) is 2. The van der Waals surface area contributed by atoms with Crippen LogP contribution in [0, 0.1) is 5.92 Å². The maximum Gasteiger partial charge on any atom is 0.194 e. The summed E-state index contributed by atoms with van der Waals surface area (Å²) >= 11 is 0. The van der Waals surface area contributed by atoms with Crippen LogP contribution in [0.1, 0.15) is 24.6 Å². The van der Waals surface area contributed by atoms with Crippen LogP contribution in [0.5, 0.6) is 0 Å². The van der Waals surface area contributed by atoms with Gasteiger partial charge < -0.3 is 10.2 Å². The third-order valence-electron chi connectivity index (χ3n) is 4.25. The standard InChI is InChI=1S/C18H25N5/c1-2-19-18(20-13-17-8-10-21-22-17)23-11-9-16(14-23)12-15-6-4-3-5-7-15/h3-8,10,16H,2,9,11-14H2,1H3,(H,19,20)(H,21,22). The Morgan fingerprint density at radius 1 is 1.35 bits per heavy atom. The third-order valence-corrected chi connectivity index (χ3v) is 4.25. The molecule has 5 nitrogen and oxygen atoms in total. The Hall–Kier alpha value is -2.30. The quantitative estimate of drug-likeness (QED) is 0.659. The number of hydrogen-bond donors (Lipinski definition) is 2. The molecule has 3 rings (SSSR count). The van der Waals surface area contributed by atoms with E-state index in [2.05, 4.69) is 57.7 Å². The molecule has 5 heteroatoms. The molecule has 0 spiro atoms. The van der Waals surface area contributed by atoms with Gasteiger partial charge in [-0.2, -0.15) is 5.10 Å². The van der Waals surface area contributed by atoms with E-state index in [0.717, 1.165) is 37.7 Å². The summed E-state index contributed by atoms with van der Waals surface area (Å²) in [5.74, 6) is 1.71. The zero-order valence-corrected chi connectivity index (χ0v) is 13.7. The van der Waals surface area contributed by atoms with Crippen LogP contribution in [0.2, 0.25) is 0 Å². The van der Waals surface area contributed by atoms with E-state index in [4.69, 9.17) is 4.99 Å². The normalized spacial score (nSPS) is 18.4. The minimum absolute atomic E-state index is 0.641. The van der Waals surface area contributed by atoms with Gasteiger partial charge in [-0.1, -0.05) is 30.3 Å². The lowest BCUT2D eigenvalue weighted by Gasteiger charge is -2.21. The van der Waals surface area contributed by atoms with Crippen molar-refractivity contribution in [3.8, 4) is 0 Å². The highest BCUT2D eigenvalue weighted by Crippen LogP contribution is 2.21. The maximum atomic E-state index is 4.74. The van der Waals surface area contributed by atoms with Crippen molar-refractivity contribution in [2.75, 3.05) is 19.6 Å². The number of nitrogens with one attached hydrogen (secondary N) is 2. The van der Waals surface area contributed by atoms with Crippen LogP contribution >= 0.6 is 0 Å². The van der Waals surface area contributed by atoms with Gasteiger partial charge in [0.2, 0.25) is 0 Å². The second-order valence-electron chi connectivity index (χ2n) is 6.04. The number of likely N-dealkylation sites (tertiary alicyclic amines) is 1. The second kappa shape index (κ2) is 7.81. The van der Waals surface area contributed by atoms with Crippen molar-refractivity contribution in [1.82, 2.24) is 20.4 Å². The molecule has 23 heavy (non-hydrogen) atoms. The van der Waals surface area contributed by atoms with Crippen LogP contribution in [0.4, 0.5) is 0 Å². The van der Waals surface area contributed by atoms with Crippen LogP contribution < -0.4 is 5.32 Å². The van der Waals surface area contributed by atoms with Gasteiger partial charge in [-0.3, -0.25) is 5.10 Å². The number of guanidine groups is 1. The van der Waals surface area contributed by atoms with Gasteiger partial charge in [-0.15, -0.1) is 0 Å². The molecule has 1 saturated heterocycles. The Labute approximate surface area is 137 Å². The molecule has 1 aliphatic heterocycles. The average Bonchev–Trinajstić information content (AvgIpc) is 3.24. The fraction of sp³-hybridized carbons (Fsp3) is 0.444. The van der Waals surface area contributed by atoms with Gasteiger partial charge in [-0.05, 0) is 37.3 Å². The van der Waals surface area contributed by atoms with Crippen LogP contribution in [-0.4, -0.2) is 40.7 Å². The van der Waals surface area contributed by atoms with Crippen molar-refractivity contribution in [2.45, 2.75) is 26.3 Å². The number of aromatic amines is 1. The minimum atomic E-state index is 0.641. The number of H-pyrrole nitrogens is 1. The molecule has 122 valence electrons. The molecule has 1 aromatic heterocycles. The fourth-order valence-corrected chi connectivity index (χ4v) is 3.10. The minimum Gasteiger partial charge on any atom is -0.357 e. The van der Waals surface area contributed by atoms with Crippen molar-refractivity contribution in [1.29, 1.82) is 0 Å². The third kappa shape index (κ3) is 4.34. The Morgan fingerprint density at radius 3 is 2.96 bits per heavy atom. The topological polar surface area (TPSA) is 56.3 Å². The Balaban J connectivity index is 1.59. The number of nitrogens with zero attached hydrogens (tertiary/aromatic N) is 3. The Morgan fingerprint density at radius 2 is 2.22 bits per heavy atom. The summed E-state index contributed by atoms with van der Waals surface area (Å²) in [5, 5.41) is 10.4. The van der Waals surface area contributed by atoms with Crippen LogP contribution in [0.15, 0.2) is 47.6 Å². The Kier molecular flexibility index (Phi) is 5.29. The highest BCUT2D eigenvalue weighted by atomic mass is 15.3. The van der Waals surface area contributed by atoms with Gasteiger partial charge in [0.1, 0.15) is 0 Å². The molecule has 1 atom stereocenters. The lowest BCUT2D eigenvalue weighted by Crippen LogP contribution is -2.40. The van der Waals surface area contributed by atoms with Crippen molar-refractivity contribution >= 4 is 5.96 Å². The van der Waals surface area contributed by atoms with Crippen LogP contribution in [0.25, 0.3) is 0 Å². The van der Waals surface area contributed by atoms with E-state index in [1.807, 2.05) is 6.07 Å². The smallest absolute Gasteiger partial charge is 0.194 e. The molecule has 2 aromatic rings. The largest absolute Gasteiger partial charge is 0.357 e. The van der Waals surface area contributed by atoms with Crippen LogP contribution in [0.3, 0.4) is 0 Å². The Bertz CT molecular complexity index is 606. The highest BCUT2D eigenvalue weighted by Gasteiger charge is 2.24. The molecular weight excluding hydrogens is 286 g/mol. The zero-order chi connectivity index (χ0) is 15.9. The molecule has 0 aliphatic carbocycles. The predicted octanol–water partition coefficient (Wildman–Crippen LogP) is 2.44. The van der Waals surface area contributed by atoms with Crippen LogP contribution in [-0.2, 0) is 13.0 Å². The first kappa shape index (κ1) is 15.6. The summed E-state index contributed by atoms with van der Waals surface area (Å²) in [7, 11) is 0. The molecular formula is C18H25N5. The molecule has 1 aromatic carbocycles. The van der Waals surface area contributed by atoms with E-state index >= 15 is 0 Å². The highest BCUT2D eigenvalue weighted by molar-refractivity contribution is 5.80. The van der Waals surface area contributed by atoms with Crippen molar-refractivity contribution in [2.24, 2.45) is 10.9 Å². The van der Waals surface area contributed by atoms with Gasteiger partial charge >= 0.3 is 0 Å². The molecule has 2 heterocycles. The first-order valence-corrected chi connectivity index (χ1v) is 8.40. The second-order valence-corrected chi connectivity index (χ2v) is 6.04. The fourth-order valence-electron chi connectivity index (χ4n) is 3.10. The number of rotatable bonds is 5. The maximum absolute atomic E-state index is 4.74. The monoisotopic (exact) mass is 311 g/mol. The van der Waals surface area contributed by atoms with Gasteiger partial charge in [-0.25, -0.2) is 4.99 Å². The number of aliphatic imine (C=N–C) groups is 1. The van der Waals surface area contributed by atoms with Gasteiger partial charge in [0.15, 0.2) is 5.96 Å². The predicted molar refractivity (Wildman–Crippen MR) is 93.2 cm³/mol. The van der Waals surface area contributed by atoms with Crippen molar-refractivity contribution in [3.05, 3.63) is 53.9 Å². The summed E-state index contributed by atoms with van der Waals surface area (Å²) < 4.78 is 0. The van der Waals surface area contributed by atoms with Crippen molar-refractivity contribution in [3.63, 3.8) is 0 Å². The first-order chi connectivity index (χ1) is 11.3. The molecule has 2 N–H and O–H groups in total. The molecule has 1 aliphatic rings. The molecule has 0 saturated carbocycles. The molecule has 1 fully saturated rings. The number of benzene rings is 1.